The molecule has 318 valence electrons. The van der Waals surface area contributed by atoms with Crippen molar-refractivity contribution in [1.82, 2.24) is 0 Å². The Balaban J connectivity index is 1.13. The maximum atomic E-state index is 2.84. The molecule has 8 aromatic rings. The van der Waals surface area contributed by atoms with E-state index in [-0.39, 0.29) is 28.5 Å². The van der Waals surface area contributed by atoms with Gasteiger partial charge in [0.25, 0.3) is 6.71 Å². The van der Waals surface area contributed by atoms with Gasteiger partial charge in [-0.05, 0) is 149 Å². The number of anilines is 8. The molecule has 0 bridgehead atoms. The minimum atomic E-state index is -0.00866. The highest BCUT2D eigenvalue weighted by molar-refractivity contribution is 7.25. The number of para-hydroxylation sites is 1. The first-order chi connectivity index (χ1) is 30.6. The largest absolute Gasteiger partial charge is 0.335 e. The second-order valence-corrected chi connectivity index (χ2v) is 22.9. The molecule has 0 N–H and O–H groups in total. The maximum Gasteiger partial charge on any atom is 0.252 e. The third-order valence-electron chi connectivity index (χ3n) is 15.9. The Bertz CT molecular complexity index is 3150. The smallest absolute Gasteiger partial charge is 0.252 e. The fraction of sp³-hybridized carbons (Fsp3) is 0.288. The fourth-order valence-electron chi connectivity index (χ4n) is 12.3. The van der Waals surface area contributed by atoms with Gasteiger partial charge in [-0.15, -0.1) is 11.3 Å². The molecule has 1 saturated carbocycles. The fourth-order valence-corrected chi connectivity index (χ4v) is 13.4. The number of thiophene rings is 1. The van der Waals surface area contributed by atoms with Gasteiger partial charge >= 0.3 is 0 Å². The van der Waals surface area contributed by atoms with Crippen LogP contribution in [-0.2, 0) is 16.2 Å². The van der Waals surface area contributed by atoms with Gasteiger partial charge in [0.2, 0.25) is 0 Å². The number of nitrogens with zero attached hydrogens (tertiary/aromatic N) is 3. The molecule has 2 atom stereocenters. The summed E-state index contributed by atoms with van der Waals surface area (Å²) in [6.45, 7) is 21.4. The molecular formula is C59H58BN3S. The van der Waals surface area contributed by atoms with Gasteiger partial charge < -0.3 is 14.7 Å². The molecule has 2 unspecified atom stereocenters. The highest BCUT2D eigenvalue weighted by atomic mass is 32.1. The molecule has 0 amide bonds. The lowest BCUT2D eigenvalue weighted by Gasteiger charge is -2.52. The number of hydrogen-bond acceptors (Lipinski definition) is 4. The number of aryl methyl sites for hydroxylation is 1. The van der Waals surface area contributed by atoms with E-state index in [0.717, 1.165) is 17.1 Å². The van der Waals surface area contributed by atoms with Gasteiger partial charge in [-0.3, -0.25) is 0 Å². The van der Waals surface area contributed by atoms with Crippen LogP contribution in [0.5, 0.6) is 0 Å². The lowest BCUT2D eigenvalue weighted by Crippen LogP contribution is -2.64. The summed E-state index contributed by atoms with van der Waals surface area (Å²) in [4.78, 5) is 7.94. The predicted octanol–water partition coefficient (Wildman–Crippen LogP) is 14.8. The molecule has 3 aliphatic heterocycles. The molecule has 1 fully saturated rings. The molecule has 1 aliphatic carbocycles. The van der Waals surface area contributed by atoms with Crippen LogP contribution < -0.4 is 31.1 Å². The summed E-state index contributed by atoms with van der Waals surface area (Å²) in [6, 6.07) is 54.4. The van der Waals surface area contributed by atoms with Crippen LogP contribution >= 0.6 is 11.3 Å². The van der Waals surface area contributed by atoms with E-state index in [0.29, 0.717) is 0 Å². The van der Waals surface area contributed by atoms with E-state index >= 15 is 0 Å². The summed E-state index contributed by atoms with van der Waals surface area (Å²) in [7, 11) is 0. The molecule has 4 aliphatic rings. The summed E-state index contributed by atoms with van der Waals surface area (Å²) < 4.78 is 2.66. The second-order valence-electron chi connectivity index (χ2n) is 21.8. The monoisotopic (exact) mass is 851 g/mol. The van der Waals surface area contributed by atoms with Crippen LogP contribution in [0.4, 0.5) is 45.5 Å². The van der Waals surface area contributed by atoms with Gasteiger partial charge in [0, 0.05) is 71.1 Å². The third kappa shape index (κ3) is 5.58. The molecule has 0 radical (unpaired) electrons. The van der Waals surface area contributed by atoms with Crippen LogP contribution in [0.3, 0.4) is 0 Å². The molecular weight excluding hydrogens is 794 g/mol. The van der Waals surface area contributed by atoms with Crippen molar-refractivity contribution in [1.29, 1.82) is 0 Å². The minimum Gasteiger partial charge on any atom is -0.335 e. The Hall–Kier alpha value is -5.78. The van der Waals surface area contributed by atoms with Crippen molar-refractivity contribution in [2.24, 2.45) is 0 Å². The normalized spacial score (nSPS) is 19.7. The zero-order valence-corrected chi connectivity index (χ0v) is 39.8. The van der Waals surface area contributed by atoms with Crippen molar-refractivity contribution in [2.75, 3.05) is 14.7 Å². The van der Waals surface area contributed by atoms with Crippen molar-refractivity contribution < 1.29 is 0 Å². The SMILES string of the molecule is Cc1cc2c3c(c1)N1c4c(cccc4C4(C)CCCCC14C)B3c1ccc(N(c3ccc(C(C)(C)C)cc3)c3ccc(C(C)(C)C)cc3)cc1N2c1ccc2sc3ccccc3c2c1. The van der Waals surface area contributed by atoms with Crippen molar-refractivity contribution in [3.8, 4) is 0 Å². The molecule has 7 aromatic carbocycles. The first kappa shape index (κ1) is 39.8. The average molecular weight is 852 g/mol. The topological polar surface area (TPSA) is 9.72 Å². The zero-order chi connectivity index (χ0) is 44.1. The Morgan fingerprint density at radius 1 is 0.578 bits per heavy atom. The van der Waals surface area contributed by atoms with Crippen molar-refractivity contribution in [3.63, 3.8) is 0 Å². The zero-order valence-electron chi connectivity index (χ0n) is 38.9. The van der Waals surface area contributed by atoms with E-state index in [1.165, 1.54) is 107 Å². The number of hydrogen-bond donors (Lipinski definition) is 0. The van der Waals surface area contributed by atoms with Crippen LogP contribution in [-0.4, -0.2) is 12.3 Å². The number of fused-ring (bicyclic) bond motifs is 10. The Morgan fingerprint density at radius 2 is 1.22 bits per heavy atom. The Labute approximate surface area is 384 Å². The van der Waals surface area contributed by atoms with Crippen molar-refractivity contribution in [3.05, 3.63) is 162 Å². The van der Waals surface area contributed by atoms with Gasteiger partial charge in [0.1, 0.15) is 0 Å². The van der Waals surface area contributed by atoms with Gasteiger partial charge in [-0.25, -0.2) is 0 Å². The highest BCUT2D eigenvalue weighted by Gasteiger charge is 2.61. The van der Waals surface area contributed by atoms with E-state index in [2.05, 4.69) is 217 Å². The van der Waals surface area contributed by atoms with E-state index in [4.69, 9.17) is 0 Å². The Morgan fingerprint density at radius 3 is 1.92 bits per heavy atom. The first-order valence-electron chi connectivity index (χ1n) is 23.6. The van der Waals surface area contributed by atoms with Crippen molar-refractivity contribution in [2.45, 2.75) is 110 Å². The van der Waals surface area contributed by atoms with E-state index in [1.807, 2.05) is 11.3 Å². The molecule has 64 heavy (non-hydrogen) atoms. The summed E-state index contributed by atoms with van der Waals surface area (Å²) in [5, 5.41) is 2.64. The summed E-state index contributed by atoms with van der Waals surface area (Å²) in [5.74, 6) is 0. The average Bonchev–Trinajstić information content (AvgIpc) is 3.74. The summed E-state index contributed by atoms with van der Waals surface area (Å²) in [6.07, 6.45) is 4.97. The highest BCUT2D eigenvalue weighted by Crippen LogP contribution is 2.62. The molecule has 12 rings (SSSR count). The van der Waals surface area contributed by atoms with Gasteiger partial charge in [-0.1, -0.05) is 128 Å². The van der Waals surface area contributed by atoms with Crippen LogP contribution in [0.2, 0.25) is 0 Å². The number of benzene rings is 7. The predicted molar refractivity (Wildman–Crippen MR) is 278 cm³/mol. The standard InChI is InChI=1S/C59H58BN3S/c1-37-33-50-54-51(34-37)63-55-46(58(8)31-12-13-32-59(58,63)9)16-14-17-48(55)60(54)47-29-27-43(36-49(47)62(50)42-28-30-53-45(35-42)44-15-10-11-18-52(44)64-53)61(40-23-19-38(20-24-40)56(2,3)4)41-25-21-39(22-26-41)57(5,6)7/h10-11,14-30,33-36H,12-13,31-32H2,1-9H3. The molecule has 0 spiro atoms. The maximum absolute atomic E-state index is 2.84. The first-order valence-corrected chi connectivity index (χ1v) is 24.4. The van der Waals surface area contributed by atoms with Crippen LogP contribution in [0.25, 0.3) is 20.2 Å². The minimum absolute atomic E-state index is 0.00866. The molecule has 1 aromatic heterocycles. The van der Waals surface area contributed by atoms with E-state index < -0.39 is 0 Å². The lowest BCUT2D eigenvalue weighted by atomic mass is 9.33. The van der Waals surface area contributed by atoms with Gasteiger partial charge in [0.05, 0.1) is 5.54 Å². The second kappa shape index (κ2) is 13.6. The van der Waals surface area contributed by atoms with Crippen LogP contribution in [0.15, 0.2) is 140 Å². The van der Waals surface area contributed by atoms with Gasteiger partial charge in [0.15, 0.2) is 0 Å². The summed E-state index contributed by atoms with van der Waals surface area (Å²) in [5.41, 5.74) is 20.0. The van der Waals surface area contributed by atoms with E-state index in [9.17, 15) is 0 Å². The van der Waals surface area contributed by atoms with Gasteiger partial charge in [-0.2, -0.15) is 0 Å². The quantitative estimate of drug-likeness (QED) is 0.163. The molecule has 0 saturated heterocycles. The lowest BCUT2D eigenvalue weighted by molar-refractivity contribution is 0.195. The van der Waals surface area contributed by atoms with Crippen molar-refractivity contribution >= 4 is 100 Å². The molecule has 3 nitrogen and oxygen atoms in total. The van der Waals surface area contributed by atoms with Crippen LogP contribution in [0.1, 0.15) is 103 Å². The Kier molecular flexibility index (Phi) is 8.47. The van der Waals surface area contributed by atoms with Crippen LogP contribution in [0, 0.1) is 6.92 Å². The molecule has 4 heterocycles. The van der Waals surface area contributed by atoms with E-state index in [1.54, 1.807) is 5.56 Å². The summed E-state index contributed by atoms with van der Waals surface area (Å²) >= 11 is 1.89. The third-order valence-corrected chi connectivity index (χ3v) is 17.1. The molecule has 5 heteroatoms. The number of rotatable bonds is 4.